The van der Waals surface area contributed by atoms with Crippen LogP contribution >= 0.6 is 11.6 Å². The van der Waals surface area contributed by atoms with Crippen molar-refractivity contribution >= 4 is 34.8 Å². The van der Waals surface area contributed by atoms with Crippen molar-refractivity contribution in [3.63, 3.8) is 0 Å². The summed E-state index contributed by atoms with van der Waals surface area (Å²) in [6, 6.07) is 12.6. The average molecular weight is 441 g/mol. The van der Waals surface area contributed by atoms with E-state index in [0.29, 0.717) is 29.1 Å². The number of hydrogen-bond acceptors (Lipinski definition) is 4. The molecule has 1 saturated heterocycles. The summed E-state index contributed by atoms with van der Waals surface area (Å²) in [5.41, 5.74) is 1.10. The Morgan fingerprint density at radius 3 is 2.55 bits per heavy atom. The first kappa shape index (κ1) is 21.6. The van der Waals surface area contributed by atoms with Crippen LogP contribution in [-0.4, -0.2) is 35.2 Å². The number of amides is 2. The molecular weight excluding hydrogens is 416 g/mol. The summed E-state index contributed by atoms with van der Waals surface area (Å²) in [6.45, 7) is 2.80. The highest BCUT2D eigenvalue weighted by Gasteiger charge is 2.52. The van der Waals surface area contributed by atoms with Gasteiger partial charge in [-0.25, -0.2) is 0 Å². The second-order valence-corrected chi connectivity index (χ2v) is 8.45. The first-order valence-corrected chi connectivity index (χ1v) is 10.7. The van der Waals surface area contributed by atoms with Gasteiger partial charge in [-0.3, -0.25) is 9.59 Å². The van der Waals surface area contributed by atoms with Crippen molar-refractivity contribution in [2.75, 3.05) is 23.0 Å². The lowest BCUT2D eigenvalue weighted by Gasteiger charge is -2.31. The van der Waals surface area contributed by atoms with Crippen LogP contribution < -0.4 is 9.80 Å². The maximum Gasteiger partial charge on any atom is 0.264 e. The number of carbonyl (C=O) groups excluding carboxylic acids is 2. The number of anilines is 2. The van der Waals surface area contributed by atoms with Crippen LogP contribution in [0.3, 0.4) is 0 Å². The standard InChI is InChI=1S/C24H25ClN2O4/c1-16(4-2-3-13-28)24(31)20-14-18(25)7-10-21(20)27(23(24)30)15-17-5-8-19(9-6-17)26-12-11-22(26)29/h2,4-10,14,16,28,31H,3,11-13,15H2,1H3/b4-2+/t16-,24+/m1/s1. The fourth-order valence-corrected chi connectivity index (χ4v) is 4.31. The van der Waals surface area contributed by atoms with Gasteiger partial charge in [0.25, 0.3) is 5.91 Å². The summed E-state index contributed by atoms with van der Waals surface area (Å²) in [4.78, 5) is 28.4. The largest absolute Gasteiger partial charge is 0.396 e. The number of benzene rings is 2. The molecule has 2 aromatic carbocycles. The first-order valence-electron chi connectivity index (χ1n) is 10.4. The van der Waals surface area contributed by atoms with Crippen molar-refractivity contribution in [2.45, 2.75) is 31.9 Å². The number of aliphatic hydroxyl groups is 2. The van der Waals surface area contributed by atoms with Crippen LogP contribution in [0.1, 0.15) is 30.9 Å². The van der Waals surface area contributed by atoms with Gasteiger partial charge >= 0.3 is 0 Å². The topological polar surface area (TPSA) is 81.1 Å². The van der Waals surface area contributed by atoms with Crippen molar-refractivity contribution in [1.82, 2.24) is 0 Å². The molecule has 2 atom stereocenters. The van der Waals surface area contributed by atoms with Gasteiger partial charge in [-0.15, -0.1) is 0 Å². The van der Waals surface area contributed by atoms with Crippen LogP contribution in [0.15, 0.2) is 54.6 Å². The minimum Gasteiger partial charge on any atom is -0.396 e. The van der Waals surface area contributed by atoms with Crippen LogP contribution in [-0.2, 0) is 21.7 Å². The molecule has 7 heteroatoms. The Labute approximate surface area is 186 Å². The first-order chi connectivity index (χ1) is 14.9. The predicted octanol–water partition coefficient (Wildman–Crippen LogP) is 3.39. The van der Waals surface area contributed by atoms with Crippen molar-refractivity contribution in [3.05, 3.63) is 70.8 Å². The predicted molar refractivity (Wildman–Crippen MR) is 120 cm³/mol. The summed E-state index contributed by atoms with van der Waals surface area (Å²) in [7, 11) is 0. The molecule has 2 aliphatic heterocycles. The number of carbonyl (C=O) groups is 2. The van der Waals surface area contributed by atoms with Crippen molar-refractivity contribution in [3.8, 4) is 0 Å². The number of hydrogen-bond donors (Lipinski definition) is 2. The van der Waals surface area contributed by atoms with E-state index in [1.807, 2.05) is 24.3 Å². The number of β-lactam (4-membered cyclic amide) rings is 1. The molecule has 2 N–H and O–H groups in total. The zero-order chi connectivity index (χ0) is 22.2. The van der Waals surface area contributed by atoms with Gasteiger partial charge in [0.15, 0.2) is 5.60 Å². The van der Waals surface area contributed by atoms with Crippen molar-refractivity contribution < 1.29 is 19.8 Å². The SMILES string of the molecule is C[C@H](/C=C/CCO)[C@@]1(O)C(=O)N(Cc2ccc(N3CCC3=O)cc2)c2ccc(Cl)cc21. The molecule has 0 aromatic heterocycles. The normalized spacial score (nSPS) is 21.5. The number of rotatable bonds is 7. The van der Waals surface area contributed by atoms with Gasteiger partial charge in [0.2, 0.25) is 5.91 Å². The minimum atomic E-state index is -1.74. The smallest absolute Gasteiger partial charge is 0.264 e. The third kappa shape index (κ3) is 3.76. The van der Waals surface area contributed by atoms with E-state index in [4.69, 9.17) is 16.7 Å². The molecule has 2 aliphatic rings. The third-order valence-corrected chi connectivity index (χ3v) is 6.28. The van der Waals surface area contributed by atoms with E-state index < -0.39 is 17.4 Å². The molecule has 0 aliphatic carbocycles. The lowest BCUT2D eigenvalue weighted by atomic mass is 9.83. The quantitative estimate of drug-likeness (QED) is 0.511. The fraction of sp³-hybridized carbons (Fsp3) is 0.333. The van der Waals surface area contributed by atoms with Gasteiger partial charge < -0.3 is 20.0 Å². The van der Waals surface area contributed by atoms with E-state index in [0.717, 1.165) is 17.8 Å². The average Bonchev–Trinajstić information content (AvgIpc) is 2.96. The lowest BCUT2D eigenvalue weighted by molar-refractivity contribution is -0.139. The Balaban J connectivity index is 1.63. The maximum atomic E-state index is 13.4. The van der Waals surface area contributed by atoms with E-state index in [1.54, 1.807) is 47.1 Å². The highest BCUT2D eigenvalue weighted by molar-refractivity contribution is 6.31. The maximum absolute atomic E-state index is 13.4. The summed E-state index contributed by atoms with van der Waals surface area (Å²) in [5.74, 6) is -0.803. The van der Waals surface area contributed by atoms with Crippen LogP contribution in [0.25, 0.3) is 0 Å². The molecule has 2 aromatic rings. The van der Waals surface area contributed by atoms with Gasteiger partial charge in [-0.05, 0) is 42.3 Å². The molecular formula is C24H25ClN2O4. The van der Waals surface area contributed by atoms with E-state index in [2.05, 4.69) is 0 Å². The highest BCUT2D eigenvalue weighted by Crippen LogP contribution is 2.46. The van der Waals surface area contributed by atoms with E-state index in [9.17, 15) is 14.7 Å². The summed E-state index contributed by atoms with van der Waals surface area (Å²) in [5, 5.41) is 21.0. The number of nitrogens with zero attached hydrogens (tertiary/aromatic N) is 2. The molecule has 0 radical (unpaired) electrons. The molecule has 0 bridgehead atoms. The van der Waals surface area contributed by atoms with Crippen LogP contribution in [0.2, 0.25) is 5.02 Å². The number of aliphatic hydroxyl groups excluding tert-OH is 1. The van der Waals surface area contributed by atoms with E-state index >= 15 is 0 Å². The van der Waals surface area contributed by atoms with Crippen molar-refractivity contribution in [1.29, 1.82) is 0 Å². The molecule has 2 amide bonds. The van der Waals surface area contributed by atoms with Gasteiger partial charge in [-0.1, -0.05) is 42.8 Å². The van der Waals surface area contributed by atoms with Gasteiger partial charge in [-0.2, -0.15) is 0 Å². The monoisotopic (exact) mass is 440 g/mol. The van der Waals surface area contributed by atoms with Gasteiger partial charge in [0.1, 0.15) is 0 Å². The molecule has 4 rings (SSSR count). The molecule has 2 heterocycles. The molecule has 6 nitrogen and oxygen atoms in total. The Kier molecular flexibility index (Phi) is 5.88. The Bertz CT molecular complexity index is 1040. The summed E-state index contributed by atoms with van der Waals surface area (Å²) < 4.78 is 0. The van der Waals surface area contributed by atoms with Crippen LogP contribution in [0.5, 0.6) is 0 Å². The summed E-state index contributed by atoms with van der Waals surface area (Å²) >= 11 is 6.19. The Morgan fingerprint density at radius 2 is 1.94 bits per heavy atom. The third-order valence-electron chi connectivity index (χ3n) is 6.05. The zero-order valence-electron chi connectivity index (χ0n) is 17.3. The van der Waals surface area contributed by atoms with E-state index in [-0.39, 0.29) is 19.1 Å². The van der Waals surface area contributed by atoms with Crippen LogP contribution in [0, 0.1) is 5.92 Å². The number of fused-ring (bicyclic) bond motifs is 1. The molecule has 0 saturated carbocycles. The molecule has 1 fully saturated rings. The molecule has 0 unspecified atom stereocenters. The van der Waals surface area contributed by atoms with Gasteiger partial charge in [0.05, 0.1) is 12.2 Å². The second-order valence-electron chi connectivity index (χ2n) is 8.01. The Morgan fingerprint density at radius 1 is 1.19 bits per heavy atom. The number of halogens is 1. The Hall–Kier alpha value is -2.67. The zero-order valence-corrected chi connectivity index (χ0v) is 18.0. The fourth-order valence-electron chi connectivity index (χ4n) is 4.14. The van der Waals surface area contributed by atoms with E-state index in [1.165, 1.54) is 0 Å². The van der Waals surface area contributed by atoms with Crippen LogP contribution in [0.4, 0.5) is 11.4 Å². The molecule has 0 spiro atoms. The molecule has 31 heavy (non-hydrogen) atoms. The second kappa shape index (κ2) is 8.46. The molecule has 162 valence electrons. The minimum absolute atomic E-state index is 0.00313. The van der Waals surface area contributed by atoms with Gasteiger partial charge in [0, 0.05) is 41.8 Å². The summed E-state index contributed by atoms with van der Waals surface area (Å²) in [6.07, 6.45) is 4.54. The van der Waals surface area contributed by atoms with Crippen molar-refractivity contribution in [2.24, 2.45) is 5.92 Å². The lowest BCUT2D eigenvalue weighted by Crippen LogP contribution is -2.44. The highest BCUT2D eigenvalue weighted by atomic mass is 35.5.